The highest BCUT2D eigenvalue weighted by atomic mass is 16.5. The number of hydrogen-bond acceptors (Lipinski definition) is 6. The lowest BCUT2D eigenvalue weighted by Gasteiger charge is -2.50. The third kappa shape index (κ3) is 5.40. The van der Waals surface area contributed by atoms with Gasteiger partial charge < -0.3 is 19.7 Å². The zero-order valence-corrected chi connectivity index (χ0v) is 29.3. The number of anilines is 1. The number of methoxy groups -OCH3 is 2. The van der Waals surface area contributed by atoms with E-state index in [1.165, 1.54) is 0 Å². The van der Waals surface area contributed by atoms with E-state index in [9.17, 15) is 0 Å². The third-order valence-electron chi connectivity index (χ3n) is 11.0. The number of nitrogens with zero attached hydrogens (tertiary/aromatic N) is 1. The minimum Gasteiger partial charge on any atom is -0.496 e. The fourth-order valence-electron chi connectivity index (χ4n) is 8.85. The number of para-hydroxylation sites is 3. The van der Waals surface area contributed by atoms with Gasteiger partial charge in [0.15, 0.2) is 5.78 Å². The molecule has 8 rings (SSSR count). The predicted molar refractivity (Wildman–Crippen MR) is 205 cm³/mol. The SMILES string of the molecule is COc1ccccc1/C=C1\CN(/C=C/c2ccccc2)C[C@]2(C1=O)[C@H](c1ccccc1OC)[C@@H](Cc1ccccc1)NC21C(=O)Nc2ccccc21. The summed E-state index contributed by atoms with van der Waals surface area (Å²) in [5.41, 5.74) is 3.15. The van der Waals surface area contributed by atoms with Gasteiger partial charge in [0.1, 0.15) is 17.0 Å². The summed E-state index contributed by atoms with van der Waals surface area (Å²) in [4.78, 5) is 33.3. The monoisotopic (exact) mass is 687 g/mol. The Morgan fingerprint density at radius 1 is 0.769 bits per heavy atom. The smallest absolute Gasteiger partial charge is 0.250 e. The van der Waals surface area contributed by atoms with Gasteiger partial charge in [0.2, 0.25) is 0 Å². The summed E-state index contributed by atoms with van der Waals surface area (Å²) >= 11 is 0. The number of Topliss-reactive ketones (excluding diaryl/α,β-unsaturated/α-hetero) is 1. The molecule has 0 saturated carbocycles. The van der Waals surface area contributed by atoms with Gasteiger partial charge in [-0.3, -0.25) is 14.9 Å². The van der Waals surface area contributed by atoms with Crippen LogP contribution in [0.3, 0.4) is 0 Å². The van der Waals surface area contributed by atoms with E-state index < -0.39 is 16.9 Å². The molecule has 3 aliphatic rings. The van der Waals surface area contributed by atoms with Crippen molar-refractivity contribution in [1.29, 1.82) is 0 Å². The molecule has 2 saturated heterocycles. The minimum atomic E-state index is -1.41. The molecular formula is C45H41N3O4. The molecule has 3 heterocycles. The Hall–Kier alpha value is -5.92. The number of fused-ring (bicyclic) bond motifs is 3. The van der Waals surface area contributed by atoms with Gasteiger partial charge in [-0.2, -0.15) is 0 Å². The quantitative estimate of drug-likeness (QED) is 0.165. The van der Waals surface area contributed by atoms with Crippen molar-refractivity contribution in [3.8, 4) is 11.5 Å². The molecule has 2 spiro atoms. The van der Waals surface area contributed by atoms with Crippen LogP contribution in [0, 0.1) is 5.41 Å². The molecule has 260 valence electrons. The van der Waals surface area contributed by atoms with E-state index in [1.807, 2.05) is 109 Å². The molecule has 52 heavy (non-hydrogen) atoms. The van der Waals surface area contributed by atoms with Crippen molar-refractivity contribution in [2.24, 2.45) is 5.41 Å². The first-order valence-corrected chi connectivity index (χ1v) is 17.7. The largest absolute Gasteiger partial charge is 0.496 e. The van der Waals surface area contributed by atoms with Crippen molar-refractivity contribution >= 4 is 29.5 Å². The predicted octanol–water partition coefficient (Wildman–Crippen LogP) is 7.48. The summed E-state index contributed by atoms with van der Waals surface area (Å²) in [6.07, 6.45) is 6.67. The standard InChI is InChI=1S/C45H41N3O4/c1-51-39-23-13-9-19-33(39)28-34-29-48(26-25-31-15-5-3-6-16-31)30-44(42(34)49)41(35-20-10-14-24-40(35)52-2)38(27-32-17-7-4-8-18-32)47-45(44)36-21-11-12-22-37(36)46-43(45)50/h3-26,28,38,41,47H,27,29-30H2,1-2H3,(H,46,50)/b26-25+,34-28+/t38-,41-,44-,45?/m1/s1. The van der Waals surface area contributed by atoms with Gasteiger partial charge in [0, 0.05) is 47.4 Å². The van der Waals surface area contributed by atoms with E-state index in [0.717, 1.165) is 27.8 Å². The van der Waals surface area contributed by atoms with Crippen LogP contribution >= 0.6 is 0 Å². The second kappa shape index (κ2) is 13.7. The summed E-state index contributed by atoms with van der Waals surface area (Å²) in [6.45, 7) is 0.629. The average Bonchev–Trinajstić information content (AvgIpc) is 3.63. The van der Waals surface area contributed by atoms with Gasteiger partial charge >= 0.3 is 0 Å². The Labute approximate surface area is 304 Å². The lowest BCUT2D eigenvalue weighted by Crippen LogP contribution is -2.65. The van der Waals surface area contributed by atoms with Crippen molar-refractivity contribution in [2.75, 3.05) is 32.6 Å². The Bertz CT molecular complexity index is 2180. The molecule has 5 aromatic carbocycles. The molecule has 1 unspecified atom stereocenters. The highest BCUT2D eigenvalue weighted by Gasteiger charge is 2.75. The van der Waals surface area contributed by atoms with E-state index in [0.29, 0.717) is 35.7 Å². The van der Waals surface area contributed by atoms with Gasteiger partial charge in [-0.05, 0) is 59.7 Å². The fourth-order valence-corrected chi connectivity index (χ4v) is 8.85. The van der Waals surface area contributed by atoms with Crippen molar-refractivity contribution in [3.63, 3.8) is 0 Å². The lowest BCUT2D eigenvalue weighted by molar-refractivity contribution is -0.141. The summed E-state index contributed by atoms with van der Waals surface area (Å²) in [6, 6.07) is 43.5. The Morgan fingerprint density at radius 3 is 2.19 bits per heavy atom. The molecule has 1 amide bonds. The number of piperidine rings is 1. The van der Waals surface area contributed by atoms with Crippen LogP contribution in [-0.2, 0) is 21.5 Å². The summed E-state index contributed by atoms with van der Waals surface area (Å²) in [5.74, 6) is 0.551. The summed E-state index contributed by atoms with van der Waals surface area (Å²) in [5, 5.41) is 7.12. The van der Waals surface area contributed by atoms with Crippen LogP contribution in [0.25, 0.3) is 12.2 Å². The first-order valence-electron chi connectivity index (χ1n) is 17.7. The highest BCUT2D eigenvalue weighted by Crippen LogP contribution is 2.64. The first-order chi connectivity index (χ1) is 25.5. The van der Waals surface area contributed by atoms with E-state index in [1.54, 1.807) is 14.2 Å². The second-order valence-electron chi connectivity index (χ2n) is 13.8. The summed E-state index contributed by atoms with van der Waals surface area (Å²) < 4.78 is 11.8. The molecule has 2 fully saturated rings. The maximum Gasteiger partial charge on any atom is 0.250 e. The number of nitrogens with one attached hydrogen (secondary N) is 2. The van der Waals surface area contributed by atoms with Crippen molar-refractivity contribution < 1.29 is 19.1 Å². The second-order valence-corrected chi connectivity index (χ2v) is 13.8. The Kier molecular flexibility index (Phi) is 8.73. The molecule has 0 bridgehead atoms. The van der Waals surface area contributed by atoms with Crippen LogP contribution in [0.5, 0.6) is 11.5 Å². The molecule has 3 aliphatic heterocycles. The van der Waals surface area contributed by atoms with Crippen LogP contribution in [0.4, 0.5) is 5.69 Å². The topological polar surface area (TPSA) is 79.9 Å². The van der Waals surface area contributed by atoms with E-state index >= 15 is 9.59 Å². The van der Waals surface area contributed by atoms with Crippen molar-refractivity contribution in [3.05, 3.63) is 173 Å². The number of rotatable bonds is 8. The number of carbonyl (C=O) groups excluding carboxylic acids is 2. The van der Waals surface area contributed by atoms with Crippen LogP contribution in [0.2, 0.25) is 0 Å². The Morgan fingerprint density at radius 2 is 1.42 bits per heavy atom. The van der Waals surface area contributed by atoms with Crippen molar-refractivity contribution in [1.82, 2.24) is 10.2 Å². The van der Waals surface area contributed by atoms with Gasteiger partial charge in [-0.15, -0.1) is 0 Å². The molecule has 4 atom stereocenters. The average molecular weight is 688 g/mol. The minimum absolute atomic E-state index is 0.0754. The van der Waals surface area contributed by atoms with Crippen LogP contribution in [0.15, 0.2) is 145 Å². The molecular weight excluding hydrogens is 647 g/mol. The number of amides is 1. The molecule has 0 aromatic heterocycles. The highest BCUT2D eigenvalue weighted by molar-refractivity contribution is 6.16. The number of carbonyl (C=O) groups is 2. The molecule has 7 heteroatoms. The zero-order chi connectivity index (χ0) is 35.7. The maximum atomic E-state index is 16.1. The fraction of sp³-hybridized carbons (Fsp3) is 0.200. The van der Waals surface area contributed by atoms with Gasteiger partial charge in [0.05, 0.1) is 19.6 Å². The molecule has 0 radical (unpaired) electrons. The zero-order valence-electron chi connectivity index (χ0n) is 29.3. The maximum absolute atomic E-state index is 16.1. The van der Waals surface area contributed by atoms with Gasteiger partial charge in [-0.25, -0.2) is 0 Å². The van der Waals surface area contributed by atoms with Crippen LogP contribution < -0.4 is 20.1 Å². The molecule has 2 N–H and O–H groups in total. The molecule has 7 nitrogen and oxygen atoms in total. The summed E-state index contributed by atoms with van der Waals surface area (Å²) in [7, 11) is 3.30. The van der Waals surface area contributed by atoms with Crippen LogP contribution in [-0.4, -0.2) is 49.9 Å². The van der Waals surface area contributed by atoms with E-state index in [-0.39, 0.29) is 24.3 Å². The van der Waals surface area contributed by atoms with E-state index in [4.69, 9.17) is 9.47 Å². The number of ether oxygens (including phenoxy) is 2. The van der Waals surface area contributed by atoms with Crippen molar-refractivity contribution in [2.45, 2.75) is 23.9 Å². The molecule has 5 aromatic rings. The Balaban J connectivity index is 1.42. The normalized spacial score (nSPS) is 24.5. The number of likely N-dealkylation sites (tertiary alicyclic amines) is 1. The number of ketones is 1. The molecule has 0 aliphatic carbocycles. The van der Waals surface area contributed by atoms with Crippen LogP contribution in [0.1, 0.15) is 33.7 Å². The van der Waals surface area contributed by atoms with E-state index in [2.05, 4.69) is 58.1 Å². The van der Waals surface area contributed by atoms with Gasteiger partial charge in [0.25, 0.3) is 5.91 Å². The third-order valence-corrected chi connectivity index (χ3v) is 11.0. The first kappa shape index (κ1) is 33.2. The lowest BCUT2D eigenvalue weighted by atomic mass is 9.55. The number of hydrogen-bond donors (Lipinski definition) is 2. The van der Waals surface area contributed by atoms with Gasteiger partial charge in [-0.1, -0.05) is 115 Å². The number of benzene rings is 5.